The fraction of sp³-hybridized carbons (Fsp3) is 0.333. The van der Waals surface area contributed by atoms with Crippen LogP contribution >= 0.6 is 0 Å². The summed E-state index contributed by atoms with van der Waals surface area (Å²) in [6.45, 7) is 2.12. The summed E-state index contributed by atoms with van der Waals surface area (Å²) in [6.07, 6.45) is 3.63. The molecule has 2 heteroatoms. The molecule has 2 nitrogen and oxygen atoms in total. The van der Waals surface area contributed by atoms with Gasteiger partial charge in [0.05, 0.1) is 6.04 Å². The molecular weight excluding hydrogens is 244 g/mol. The predicted molar refractivity (Wildman–Crippen MR) is 83.4 cm³/mol. The molecule has 2 aromatic rings. The van der Waals surface area contributed by atoms with Gasteiger partial charge in [-0.3, -0.25) is 11.3 Å². The Morgan fingerprint density at radius 2 is 1.85 bits per heavy atom. The molecule has 0 saturated carbocycles. The molecule has 2 unspecified atom stereocenters. The lowest BCUT2D eigenvalue weighted by atomic mass is 9.77. The Morgan fingerprint density at radius 3 is 2.60 bits per heavy atom. The molecule has 0 spiro atoms. The fourth-order valence-corrected chi connectivity index (χ4v) is 3.36. The lowest BCUT2D eigenvalue weighted by Crippen LogP contribution is -2.34. The van der Waals surface area contributed by atoms with Crippen molar-refractivity contribution in [3.63, 3.8) is 0 Å². The van der Waals surface area contributed by atoms with Gasteiger partial charge < -0.3 is 0 Å². The van der Waals surface area contributed by atoms with Gasteiger partial charge >= 0.3 is 0 Å². The van der Waals surface area contributed by atoms with Gasteiger partial charge in [0, 0.05) is 5.92 Å². The van der Waals surface area contributed by atoms with Crippen molar-refractivity contribution >= 4 is 0 Å². The van der Waals surface area contributed by atoms with Crippen LogP contribution in [0.3, 0.4) is 0 Å². The van der Waals surface area contributed by atoms with E-state index in [1.54, 1.807) is 0 Å². The number of benzene rings is 2. The summed E-state index contributed by atoms with van der Waals surface area (Å²) in [5, 5.41) is 0. The smallest absolute Gasteiger partial charge is 0.0528 e. The van der Waals surface area contributed by atoms with Crippen LogP contribution in [0, 0.1) is 6.92 Å². The van der Waals surface area contributed by atoms with E-state index in [0.29, 0.717) is 5.92 Å². The van der Waals surface area contributed by atoms with Crippen molar-refractivity contribution in [2.24, 2.45) is 5.84 Å². The van der Waals surface area contributed by atoms with Crippen LogP contribution in [0.1, 0.15) is 47.1 Å². The van der Waals surface area contributed by atoms with Crippen molar-refractivity contribution < 1.29 is 0 Å². The van der Waals surface area contributed by atoms with E-state index >= 15 is 0 Å². The Hall–Kier alpha value is -1.64. The number of fused-ring (bicyclic) bond motifs is 1. The summed E-state index contributed by atoms with van der Waals surface area (Å²) >= 11 is 0. The number of rotatable bonds is 3. The van der Waals surface area contributed by atoms with Gasteiger partial charge in [0.15, 0.2) is 0 Å². The van der Waals surface area contributed by atoms with E-state index in [1.807, 2.05) is 0 Å². The largest absolute Gasteiger partial charge is 0.271 e. The van der Waals surface area contributed by atoms with Crippen LogP contribution in [0.15, 0.2) is 48.5 Å². The molecule has 1 aliphatic carbocycles. The lowest BCUT2D eigenvalue weighted by Gasteiger charge is -2.32. The van der Waals surface area contributed by atoms with Crippen molar-refractivity contribution in [2.75, 3.05) is 0 Å². The van der Waals surface area contributed by atoms with Crippen LogP contribution in [0.4, 0.5) is 0 Å². The molecule has 0 bridgehead atoms. The number of nitrogens with two attached hydrogens (primary N) is 1. The molecule has 0 amide bonds. The summed E-state index contributed by atoms with van der Waals surface area (Å²) < 4.78 is 0. The van der Waals surface area contributed by atoms with Gasteiger partial charge in [-0.25, -0.2) is 0 Å². The van der Waals surface area contributed by atoms with Gasteiger partial charge in [0.2, 0.25) is 0 Å². The van der Waals surface area contributed by atoms with Crippen molar-refractivity contribution in [3.8, 4) is 0 Å². The molecule has 0 fully saturated rings. The maximum atomic E-state index is 5.88. The highest BCUT2D eigenvalue weighted by molar-refractivity contribution is 5.36. The zero-order valence-corrected chi connectivity index (χ0v) is 12.0. The molecular formula is C18H22N2. The van der Waals surface area contributed by atoms with Crippen molar-refractivity contribution in [1.82, 2.24) is 5.43 Å². The van der Waals surface area contributed by atoms with Gasteiger partial charge in [0.1, 0.15) is 0 Å². The Morgan fingerprint density at radius 1 is 1.10 bits per heavy atom. The van der Waals surface area contributed by atoms with E-state index in [2.05, 4.69) is 60.9 Å². The normalized spacial score (nSPS) is 19.4. The summed E-state index contributed by atoms with van der Waals surface area (Å²) in [6, 6.07) is 17.7. The van der Waals surface area contributed by atoms with E-state index in [1.165, 1.54) is 41.5 Å². The summed E-state index contributed by atoms with van der Waals surface area (Å²) in [5.41, 5.74) is 8.55. The Kier molecular flexibility index (Phi) is 3.86. The average Bonchev–Trinajstić information content (AvgIpc) is 2.50. The third kappa shape index (κ3) is 2.49. The average molecular weight is 266 g/mol. The minimum atomic E-state index is 0.192. The topological polar surface area (TPSA) is 38.0 Å². The second-order valence-electron chi connectivity index (χ2n) is 5.75. The third-order valence-corrected chi connectivity index (χ3v) is 4.43. The number of hydrazine groups is 1. The first-order chi connectivity index (χ1) is 9.79. The predicted octanol–water partition coefficient (Wildman–Crippen LogP) is 3.62. The van der Waals surface area contributed by atoms with Gasteiger partial charge in [-0.05, 0) is 42.9 Å². The van der Waals surface area contributed by atoms with Gasteiger partial charge in [-0.15, -0.1) is 0 Å². The van der Waals surface area contributed by atoms with Gasteiger partial charge in [0.25, 0.3) is 0 Å². The van der Waals surface area contributed by atoms with E-state index in [4.69, 9.17) is 5.84 Å². The SMILES string of the molecule is Cc1ccc(C(NN)C2CCCc3ccccc32)cc1. The maximum Gasteiger partial charge on any atom is 0.0528 e. The second-order valence-corrected chi connectivity index (χ2v) is 5.75. The van der Waals surface area contributed by atoms with Crippen LogP contribution in [0.2, 0.25) is 0 Å². The fourth-order valence-electron chi connectivity index (χ4n) is 3.36. The van der Waals surface area contributed by atoms with Crippen LogP contribution in [0.5, 0.6) is 0 Å². The molecule has 20 heavy (non-hydrogen) atoms. The summed E-state index contributed by atoms with van der Waals surface area (Å²) in [5.74, 6) is 6.35. The van der Waals surface area contributed by atoms with Crippen molar-refractivity contribution in [3.05, 3.63) is 70.8 Å². The number of aryl methyl sites for hydroxylation is 2. The minimum Gasteiger partial charge on any atom is -0.271 e. The van der Waals surface area contributed by atoms with Crippen LogP contribution in [-0.2, 0) is 6.42 Å². The van der Waals surface area contributed by atoms with Crippen LogP contribution in [-0.4, -0.2) is 0 Å². The molecule has 0 saturated heterocycles. The van der Waals surface area contributed by atoms with Crippen LogP contribution < -0.4 is 11.3 Å². The van der Waals surface area contributed by atoms with E-state index < -0.39 is 0 Å². The minimum absolute atomic E-state index is 0.192. The van der Waals surface area contributed by atoms with E-state index in [-0.39, 0.29) is 6.04 Å². The van der Waals surface area contributed by atoms with Crippen molar-refractivity contribution in [2.45, 2.75) is 38.1 Å². The molecule has 0 aliphatic heterocycles. The zero-order chi connectivity index (χ0) is 13.9. The molecule has 104 valence electrons. The first kappa shape index (κ1) is 13.3. The van der Waals surface area contributed by atoms with Gasteiger partial charge in [-0.1, -0.05) is 54.1 Å². The summed E-state index contributed by atoms with van der Waals surface area (Å²) in [7, 11) is 0. The summed E-state index contributed by atoms with van der Waals surface area (Å²) in [4.78, 5) is 0. The zero-order valence-electron chi connectivity index (χ0n) is 12.0. The third-order valence-electron chi connectivity index (χ3n) is 4.43. The first-order valence-corrected chi connectivity index (χ1v) is 7.40. The van der Waals surface area contributed by atoms with Crippen molar-refractivity contribution in [1.29, 1.82) is 0 Å². The number of hydrogen-bond donors (Lipinski definition) is 2. The molecule has 3 N–H and O–H groups in total. The molecule has 1 aliphatic rings. The molecule has 0 aromatic heterocycles. The number of hydrogen-bond acceptors (Lipinski definition) is 2. The quantitative estimate of drug-likeness (QED) is 0.658. The molecule has 2 aromatic carbocycles. The standard InChI is InChI=1S/C18H22N2/c1-13-9-11-15(12-10-13)18(20-19)17-8-4-6-14-5-2-3-7-16(14)17/h2-3,5,7,9-12,17-18,20H,4,6,8,19H2,1H3. The first-order valence-electron chi connectivity index (χ1n) is 7.40. The number of nitrogens with one attached hydrogen (secondary N) is 1. The van der Waals surface area contributed by atoms with E-state index in [0.717, 1.165) is 0 Å². The second kappa shape index (κ2) is 5.78. The molecule has 3 rings (SSSR count). The lowest BCUT2D eigenvalue weighted by molar-refractivity contribution is 0.408. The maximum absolute atomic E-state index is 5.88. The highest BCUT2D eigenvalue weighted by atomic mass is 15.2. The highest BCUT2D eigenvalue weighted by Gasteiger charge is 2.28. The highest BCUT2D eigenvalue weighted by Crippen LogP contribution is 2.39. The van der Waals surface area contributed by atoms with E-state index in [9.17, 15) is 0 Å². The van der Waals surface area contributed by atoms with Gasteiger partial charge in [-0.2, -0.15) is 0 Å². The molecule has 0 radical (unpaired) electrons. The monoisotopic (exact) mass is 266 g/mol. The molecule has 2 atom stereocenters. The van der Waals surface area contributed by atoms with Crippen LogP contribution in [0.25, 0.3) is 0 Å². The Labute approximate surface area is 121 Å². The Balaban J connectivity index is 1.96. The Bertz CT molecular complexity index is 574. The molecule has 0 heterocycles.